The van der Waals surface area contributed by atoms with Crippen molar-refractivity contribution >= 4 is 11.6 Å². The molecule has 1 aliphatic heterocycles. The highest BCUT2D eigenvalue weighted by Gasteiger charge is 2.24. The van der Waals surface area contributed by atoms with E-state index in [2.05, 4.69) is 0 Å². The number of likely N-dealkylation sites (tertiary alicyclic amines) is 1. The van der Waals surface area contributed by atoms with Crippen molar-refractivity contribution in [2.45, 2.75) is 18.9 Å². The number of rotatable bonds is 1. The number of carbonyl (C=O) groups is 1. The third kappa shape index (κ3) is 2.55. The molecule has 0 spiro atoms. The zero-order chi connectivity index (χ0) is 12.4. The molecule has 1 aliphatic rings. The summed E-state index contributed by atoms with van der Waals surface area (Å²) in [5.74, 6) is -0.919. The average Bonchev–Trinajstić information content (AvgIpc) is 2.32. The van der Waals surface area contributed by atoms with Gasteiger partial charge in [0.15, 0.2) is 0 Å². The molecule has 1 heterocycles. The van der Waals surface area contributed by atoms with Gasteiger partial charge in [-0.1, -0.05) is 0 Å². The maximum Gasteiger partial charge on any atom is 0.256 e. The predicted octanol–water partition coefficient (Wildman–Crippen LogP) is 1.00. The number of piperidine rings is 1. The minimum absolute atomic E-state index is 0.00129. The molecule has 2 rings (SSSR count). The summed E-state index contributed by atoms with van der Waals surface area (Å²) in [5, 5.41) is 9.35. The van der Waals surface area contributed by atoms with Crippen molar-refractivity contribution in [3.8, 4) is 0 Å². The summed E-state index contributed by atoms with van der Waals surface area (Å²) in [6, 6.07) is 3.97. The van der Waals surface area contributed by atoms with Gasteiger partial charge < -0.3 is 15.7 Å². The second-order valence-corrected chi connectivity index (χ2v) is 4.26. The Morgan fingerprint density at radius 2 is 2.06 bits per heavy atom. The Morgan fingerprint density at radius 1 is 1.41 bits per heavy atom. The molecule has 0 saturated carbocycles. The third-order valence-electron chi connectivity index (χ3n) is 2.97. The lowest BCUT2D eigenvalue weighted by Crippen LogP contribution is -2.40. The molecule has 4 nitrogen and oxygen atoms in total. The fourth-order valence-electron chi connectivity index (χ4n) is 1.95. The van der Waals surface area contributed by atoms with Gasteiger partial charge in [0.05, 0.1) is 11.7 Å². The Hall–Kier alpha value is -1.62. The number of anilines is 1. The number of benzene rings is 1. The van der Waals surface area contributed by atoms with E-state index in [4.69, 9.17) is 5.73 Å². The summed E-state index contributed by atoms with van der Waals surface area (Å²) in [7, 11) is 0. The van der Waals surface area contributed by atoms with Crippen LogP contribution in [0.4, 0.5) is 10.1 Å². The van der Waals surface area contributed by atoms with E-state index in [1.807, 2.05) is 0 Å². The molecule has 3 N–H and O–H groups in total. The lowest BCUT2D eigenvalue weighted by molar-refractivity contribution is 0.0543. The first-order chi connectivity index (χ1) is 8.08. The molecule has 1 amide bonds. The molecule has 0 aliphatic carbocycles. The molecule has 0 aromatic heterocycles. The molecule has 5 heteroatoms. The van der Waals surface area contributed by atoms with Gasteiger partial charge in [0, 0.05) is 18.8 Å². The number of hydrogen-bond donors (Lipinski definition) is 2. The smallest absolute Gasteiger partial charge is 0.256 e. The SMILES string of the molecule is Nc1ccc(F)c(C(=O)N2CCC(O)CC2)c1. The fourth-order valence-corrected chi connectivity index (χ4v) is 1.95. The molecule has 1 aromatic rings. The lowest BCUT2D eigenvalue weighted by atomic mass is 10.1. The van der Waals surface area contributed by atoms with Crippen LogP contribution in [0, 0.1) is 5.82 Å². The summed E-state index contributed by atoms with van der Waals surface area (Å²) < 4.78 is 13.5. The number of nitrogens with zero attached hydrogens (tertiary/aromatic N) is 1. The molecule has 0 bridgehead atoms. The van der Waals surface area contributed by atoms with E-state index in [1.165, 1.54) is 18.2 Å². The van der Waals surface area contributed by atoms with Crippen molar-refractivity contribution in [2.75, 3.05) is 18.8 Å². The molecule has 0 radical (unpaired) electrons. The zero-order valence-corrected chi connectivity index (χ0v) is 9.40. The van der Waals surface area contributed by atoms with Gasteiger partial charge in [-0.3, -0.25) is 4.79 Å². The standard InChI is InChI=1S/C12H15FN2O2/c13-11-2-1-8(14)7-10(11)12(17)15-5-3-9(16)4-6-15/h1-2,7,9,16H,3-6,14H2. The van der Waals surface area contributed by atoms with Gasteiger partial charge in [-0.2, -0.15) is 0 Å². The number of aliphatic hydroxyl groups excluding tert-OH is 1. The van der Waals surface area contributed by atoms with Crippen molar-refractivity contribution in [2.24, 2.45) is 0 Å². The van der Waals surface area contributed by atoms with Crippen molar-refractivity contribution < 1.29 is 14.3 Å². The van der Waals surface area contributed by atoms with Gasteiger partial charge in [-0.25, -0.2) is 4.39 Å². The molecule has 1 saturated heterocycles. The van der Waals surface area contributed by atoms with E-state index in [0.717, 1.165) is 0 Å². The van der Waals surface area contributed by atoms with Gasteiger partial charge in [-0.15, -0.1) is 0 Å². The van der Waals surface area contributed by atoms with Crippen molar-refractivity contribution in [3.05, 3.63) is 29.6 Å². The monoisotopic (exact) mass is 238 g/mol. The Bertz CT molecular complexity index is 429. The lowest BCUT2D eigenvalue weighted by Gasteiger charge is -2.29. The van der Waals surface area contributed by atoms with E-state index in [0.29, 0.717) is 31.6 Å². The second-order valence-electron chi connectivity index (χ2n) is 4.26. The van der Waals surface area contributed by atoms with Crippen LogP contribution >= 0.6 is 0 Å². The molecule has 17 heavy (non-hydrogen) atoms. The van der Waals surface area contributed by atoms with Crippen LogP contribution in [0.25, 0.3) is 0 Å². The van der Waals surface area contributed by atoms with Crippen LogP contribution in [0.3, 0.4) is 0 Å². The summed E-state index contributed by atoms with van der Waals surface area (Å²) in [4.78, 5) is 13.6. The van der Waals surface area contributed by atoms with E-state index in [1.54, 1.807) is 4.90 Å². The quantitative estimate of drug-likeness (QED) is 0.717. The first kappa shape index (κ1) is 11.9. The van der Waals surface area contributed by atoms with Crippen LogP contribution in [-0.4, -0.2) is 35.1 Å². The normalized spacial score (nSPS) is 17.2. The first-order valence-corrected chi connectivity index (χ1v) is 5.60. The molecule has 1 aromatic carbocycles. The molecular weight excluding hydrogens is 223 g/mol. The highest BCUT2D eigenvalue weighted by atomic mass is 19.1. The third-order valence-corrected chi connectivity index (χ3v) is 2.97. The van der Waals surface area contributed by atoms with Crippen molar-refractivity contribution in [3.63, 3.8) is 0 Å². The topological polar surface area (TPSA) is 66.6 Å². The Labute approximate surface area is 98.8 Å². The Balaban J connectivity index is 2.16. The van der Waals surface area contributed by atoms with Crippen LogP contribution in [0.5, 0.6) is 0 Å². The number of carbonyl (C=O) groups excluding carboxylic acids is 1. The molecule has 1 fully saturated rings. The summed E-state index contributed by atoms with van der Waals surface area (Å²) in [5.41, 5.74) is 5.91. The number of aliphatic hydroxyl groups is 1. The van der Waals surface area contributed by atoms with E-state index in [9.17, 15) is 14.3 Å². The fraction of sp³-hybridized carbons (Fsp3) is 0.417. The van der Waals surface area contributed by atoms with E-state index >= 15 is 0 Å². The summed E-state index contributed by atoms with van der Waals surface area (Å²) in [6.07, 6.45) is 0.718. The summed E-state index contributed by atoms with van der Waals surface area (Å²) >= 11 is 0. The van der Waals surface area contributed by atoms with Crippen LogP contribution in [0.15, 0.2) is 18.2 Å². The maximum atomic E-state index is 13.5. The van der Waals surface area contributed by atoms with Crippen LogP contribution in [-0.2, 0) is 0 Å². The number of nitrogen functional groups attached to an aromatic ring is 1. The highest BCUT2D eigenvalue weighted by molar-refractivity contribution is 5.95. The zero-order valence-electron chi connectivity index (χ0n) is 9.40. The minimum Gasteiger partial charge on any atom is -0.399 e. The van der Waals surface area contributed by atoms with Crippen LogP contribution in [0.2, 0.25) is 0 Å². The van der Waals surface area contributed by atoms with Gasteiger partial charge in [0.25, 0.3) is 5.91 Å². The minimum atomic E-state index is -0.560. The summed E-state index contributed by atoms with van der Waals surface area (Å²) in [6.45, 7) is 0.905. The number of halogens is 1. The Kier molecular flexibility index (Phi) is 3.28. The van der Waals surface area contributed by atoms with Gasteiger partial charge in [0.1, 0.15) is 5.82 Å². The first-order valence-electron chi connectivity index (χ1n) is 5.60. The molecule has 0 atom stereocenters. The predicted molar refractivity (Wildman–Crippen MR) is 62.0 cm³/mol. The van der Waals surface area contributed by atoms with Gasteiger partial charge in [0.2, 0.25) is 0 Å². The average molecular weight is 238 g/mol. The highest BCUT2D eigenvalue weighted by Crippen LogP contribution is 2.17. The van der Waals surface area contributed by atoms with Crippen LogP contribution in [0.1, 0.15) is 23.2 Å². The Morgan fingerprint density at radius 3 is 2.71 bits per heavy atom. The van der Waals surface area contributed by atoms with Gasteiger partial charge >= 0.3 is 0 Å². The van der Waals surface area contributed by atoms with Gasteiger partial charge in [-0.05, 0) is 31.0 Å². The number of nitrogens with two attached hydrogens (primary N) is 1. The maximum absolute atomic E-state index is 13.5. The molecule has 92 valence electrons. The molecule has 0 unspecified atom stereocenters. The second kappa shape index (κ2) is 4.71. The van der Waals surface area contributed by atoms with E-state index in [-0.39, 0.29) is 17.6 Å². The van der Waals surface area contributed by atoms with Crippen molar-refractivity contribution in [1.82, 2.24) is 4.90 Å². The van der Waals surface area contributed by atoms with Crippen LogP contribution < -0.4 is 5.73 Å². The van der Waals surface area contributed by atoms with E-state index < -0.39 is 5.82 Å². The number of hydrogen-bond acceptors (Lipinski definition) is 3. The largest absolute Gasteiger partial charge is 0.399 e. The van der Waals surface area contributed by atoms with Crippen molar-refractivity contribution in [1.29, 1.82) is 0 Å². The molecular formula is C12H15FN2O2. The number of amides is 1.